The quantitative estimate of drug-likeness (QED) is 0.813. The van der Waals surface area contributed by atoms with Gasteiger partial charge in [-0.2, -0.15) is 5.10 Å². The summed E-state index contributed by atoms with van der Waals surface area (Å²) in [5.74, 6) is 1.23. The smallest absolute Gasteiger partial charge is 0.0736 e. The molecule has 5 heteroatoms. The van der Waals surface area contributed by atoms with Crippen molar-refractivity contribution in [1.82, 2.24) is 14.7 Å². The molecule has 2 aromatic rings. The molecule has 1 atom stereocenters. The monoisotopic (exact) mass is 331 g/mol. The lowest BCUT2D eigenvalue weighted by molar-refractivity contribution is 0.0883. The molecule has 0 N–H and O–H groups in total. The maximum Gasteiger partial charge on any atom is 0.0736 e. The van der Waals surface area contributed by atoms with Crippen molar-refractivity contribution >= 4 is 11.3 Å². The second-order valence-electron chi connectivity index (χ2n) is 7.07. The molecule has 3 heterocycles. The number of thiophene rings is 1. The first-order chi connectivity index (χ1) is 11.2. The molecule has 0 radical (unpaired) electrons. The van der Waals surface area contributed by atoms with Crippen LogP contribution >= 0.6 is 11.3 Å². The first-order valence-electron chi connectivity index (χ1n) is 8.55. The zero-order valence-corrected chi connectivity index (χ0v) is 14.8. The maximum absolute atomic E-state index is 5.99. The SMILES string of the molecule is Cc1ccc(CN2Cc3cn(C)nc3[C@@H](COCC3CC3)C2)s1. The van der Waals surface area contributed by atoms with Crippen LogP contribution in [0.3, 0.4) is 0 Å². The van der Waals surface area contributed by atoms with Crippen molar-refractivity contribution in [3.63, 3.8) is 0 Å². The van der Waals surface area contributed by atoms with Crippen molar-refractivity contribution in [2.45, 2.75) is 38.8 Å². The van der Waals surface area contributed by atoms with Crippen molar-refractivity contribution in [1.29, 1.82) is 0 Å². The molecule has 0 saturated heterocycles. The molecule has 4 rings (SSSR count). The van der Waals surface area contributed by atoms with Crippen LogP contribution in [-0.4, -0.2) is 34.4 Å². The van der Waals surface area contributed by atoms with Crippen molar-refractivity contribution in [2.24, 2.45) is 13.0 Å². The minimum atomic E-state index is 0.403. The largest absolute Gasteiger partial charge is 0.380 e. The third kappa shape index (κ3) is 3.67. The molecule has 1 aliphatic carbocycles. The van der Waals surface area contributed by atoms with E-state index in [0.717, 1.165) is 38.8 Å². The topological polar surface area (TPSA) is 30.3 Å². The second kappa shape index (κ2) is 6.38. The number of rotatable bonds is 6. The van der Waals surface area contributed by atoms with Gasteiger partial charge in [-0.05, 0) is 37.8 Å². The summed E-state index contributed by atoms with van der Waals surface area (Å²) in [6.07, 6.45) is 4.88. The van der Waals surface area contributed by atoms with Crippen LogP contribution in [0, 0.1) is 12.8 Å². The normalized spacial score (nSPS) is 21.6. The van der Waals surface area contributed by atoms with Crippen LogP contribution in [0.4, 0.5) is 0 Å². The minimum Gasteiger partial charge on any atom is -0.380 e. The van der Waals surface area contributed by atoms with Gasteiger partial charge in [0, 0.05) is 60.7 Å². The predicted molar refractivity (Wildman–Crippen MR) is 92.7 cm³/mol. The fraction of sp³-hybridized carbons (Fsp3) is 0.611. The Morgan fingerprint density at radius 3 is 2.91 bits per heavy atom. The number of aromatic nitrogens is 2. The lowest BCUT2D eigenvalue weighted by Gasteiger charge is -2.31. The highest BCUT2D eigenvalue weighted by Crippen LogP contribution is 2.32. The summed E-state index contributed by atoms with van der Waals surface area (Å²) < 4.78 is 7.95. The van der Waals surface area contributed by atoms with Crippen LogP contribution in [0.1, 0.15) is 39.8 Å². The van der Waals surface area contributed by atoms with E-state index in [-0.39, 0.29) is 0 Å². The van der Waals surface area contributed by atoms with Gasteiger partial charge in [0.25, 0.3) is 0 Å². The van der Waals surface area contributed by atoms with Gasteiger partial charge >= 0.3 is 0 Å². The van der Waals surface area contributed by atoms with Crippen LogP contribution in [0.5, 0.6) is 0 Å². The van der Waals surface area contributed by atoms with Crippen LogP contribution in [0.15, 0.2) is 18.3 Å². The van der Waals surface area contributed by atoms with E-state index in [2.05, 4.69) is 30.2 Å². The predicted octanol–water partition coefficient (Wildman–Crippen LogP) is 3.32. The summed E-state index contributed by atoms with van der Waals surface area (Å²) in [4.78, 5) is 5.39. The first-order valence-corrected chi connectivity index (χ1v) is 9.37. The molecule has 0 spiro atoms. The lowest BCUT2D eigenvalue weighted by Crippen LogP contribution is -2.34. The van der Waals surface area contributed by atoms with Gasteiger partial charge < -0.3 is 4.74 Å². The zero-order chi connectivity index (χ0) is 15.8. The molecular formula is C18H25N3OS. The number of aryl methyl sites for hydroxylation is 2. The van der Waals surface area contributed by atoms with Crippen LogP contribution < -0.4 is 0 Å². The zero-order valence-electron chi connectivity index (χ0n) is 14.0. The number of hydrogen-bond donors (Lipinski definition) is 0. The molecular weight excluding hydrogens is 306 g/mol. The molecule has 0 bridgehead atoms. The molecule has 23 heavy (non-hydrogen) atoms. The van der Waals surface area contributed by atoms with Crippen molar-refractivity contribution in [3.8, 4) is 0 Å². The van der Waals surface area contributed by atoms with E-state index in [1.165, 1.54) is 33.9 Å². The third-order valence-corrected chi connectivity index (χ3v) is 5.73. The molecule has 124 valence electrons. The Morgan fingerprint density at radius 1 is 1.30 bits per heavy atom. The standard InChI is InChI=1S/C18H25N3OS/c1-13-3-6-17(23-13)10-21-8-15-7-20(2)19-18(15)16(9-21)12-22-11-14-4-5-14/h3,6-7,14,16H,4-5,8-12H2,1-2H3/t16-/m1/s1. The van der Waals surface area contributed by atoms with Crippen molar-refractivity contribution in [2.75, 3.05) is 19.8 Å². The summed E-state index contributed by atoms with van der Waals surface area (Å²) in [7, 11) is 2.02. The molecule has 2 aromatic heterocycles. The van der Waals surface area contributed by atoms with Gasteiger partial charge in [-0.1, -0.05) is 0 Å². The molecule has 2 aliphatic rings. The van der Waals surface area contributed by atoms with E-state index in [1.807, 2.05) is 23.1 Å². The van der Waals surface area contributed by atoms with E-state index in [1.54, 1.807) is 0 Å². The highest BCUT2D eigenvalue weighted by molar-refractivity contribution is 7.11. The summed E-state index contributed by atoms with van der Waals surface area (Å²) in [5, 5.41) is 4.70. The maximum atomic E-state index is 5.99. The lowest BCUT2D eigenvalue weighted by atomic mass is 9.97. The third-order valence-electron chi connectivity index (χ3n) is 4.74. The summed E-state index contributed by atoms with van der Waals surface area (Å²) >= 11 is 1.91. The van der Waals surface area contributed by atoms with Gasteiger partial charge in [-0.3, -0.25) is 9.58 Å². The van der Waals surface area contributed by atoms with E-state index in [4.69, 9.17) is 9.84 Å². The Balaban J connectivity index is 1.45. The fourth-order valence-electron chi connectivity index (χ4n) is 3.43. The van der Waals surface area contributed by atoms with E-state index in [9.17, 15) is 0 Å². The summed E-state index contributed by atoms with van der Waals surface area (Å²) in [6.45, 7) is 7.00. The van der Waals surface area contributed by atoms with Gasteiger partial charge in [-0.25, -0.2) is 0 Å². The Morgan fingerprint density at radius 2 is 2.17 bits per heavy atom. The average Bonchev–Trinajstić information content (AvgIpc) is 3.12. The molecule has 1 aliphatic heterocycles. The number of hydrogen-bond acceptors (Lipinski definition) is 4. The Kier molecular flexibility index (Phi) is 4.26. The number of ether oxygens (including phenoxy) is 1. The van der Waals surface area contributed by atoms with Crippen LogP contribution in [0.2, 0.25) is 0 Å². The van der Waals surface area contributed by atoms with Gasteiger partial charge in [0.05, 0.1) is 12.3 Å². The van der Waals surface area contributed by atoms with Gasteiger partial charge in [0.1, 0.15) is 0 Å². The Labute approximate surface area is 142 Å². The summed E-state index contributed by atoms with van der Waals surface area (Å²) in [5.41, 5.74) is 2.62. The Bertz CT molecular complexity index is 674. The van der Waals surface area contributed by atoms with Gasteiger partial charge in [-0.15, -0.1) is 11.3 Å². The van der Waals surface area contributed by atoms with E-state index >= 15 is 0 Å². The molecule has 0 amide bonds. The minimum absolute atomic E-state index is 0.403. The highest BCUT2D eigenvalue weighted by atomic mass is 32.1. The van der Waals surface area contributed by atoms with Crippen LogP contribution in [-0.2, 0) is 24.9 Å². The summed E-state index contributed by atoms with van der Waals surface area (Å²) in [6, 6.07) is 4.48. The molecule has 0 unspecified atom stereocenters. The average molecular weight is 331 g/mol. The van der Waals surface area contributed by atoms with E-state index in [0.29, 0.717) is 5.92 Å². The second-order valence-corrected chi connectivity index (χ2v) is 8.45. The number of nitrogens with zero attached hydrogens (tertiary/aromatic N) is 3. The van der Waals surface area contributed by atoms with Gasteiger partial charge in [0.15, 0.2) is 0 Å². The molecule has 0 aromatic carbocycles. The van der Waals surface area contributed by atoms with E-state index < -0.39 is 0 Å². The van der Waals surface area contributed by atoms with Gasteiger partial charge in [0.2, 0.25) is 0 Å². The number of fused-ring (bicyclic) bond motifs is 1. The van der Waals surface area contributed by atoms with Crippen molar-refractivity contribution in [3.05, 3.63) is 39.3 Å². The molecule has 1 saturated carbocycles. The van der Waals surface area contributed by atoms with Crippen LogP contribution in [0.25, 0.3) is 0 Å². The molecule has 4 nitrogen and oxygen atoms in total. The Hall–Kier alpha value is -1.17. The highest BCUT2D eigenvalue weighted by Gasteiger charge is 2.29. The fourth-order valence-corrected chi connectivity index (χ4v) is 4.36. The first kappa shape index (κ1) is 15.4. The molecule has 1 fully saturated rings. The van der Waals surface area contributed by atoms with Crippen molar-refractivity contribution < 1.29 is 4.74 Å².